The van der Waals surface area contributed by atoms with Gasteiger partial charge in [-0.05, 0) is 43.2 Å². The van der Waals surface area contributed by atoms with Crippen LogP contribution in [0.5, 0.6) is 0 Å². The lowest BCUT2D eigenvalue weighted by molar-refractivity contribution is 0.0250. The first-order valence-electron chi connectivity index (χ1n) is 7.97. The number of hydrogen-bond acceptors (Lipinski definition) is 4. The second kappa shape index (κ2) is 7.18. The molecule has 0 saturated heterocycles. The van der Waals surface area contributed by atoms with E-state index in [0.717, 1.165) is 11.1 Å². The van der Waals surface area contributed by atoms with Crippen molar-refractivity contribution in [2.75, 3.05) is 0 Å². The van der Waals surface area contributed by atoms with Crippen LogP contribution in [0.4, 0.5) is 0 Å². The van der Waals surface area contributed by atoms with Crippen molar-refractivity contribution in [1.82, 2.24) is 0 Å². The van der Waals surface area contributed by atoms with Gasteiger partial charge in [0.15, 0.2) is 6.10 Å². The molecule has 1 heterocycles. The monoisotopic (exact) mass is 334 g/mol. The quantitative estimate of drug-likeness (QED) is 0.502. The predicted molar refractivity (Wildman–Crippen MR) is 93.6 cm³/mol. The normalized spacial score (nSPS) is 11.8. The van der Waals surface area contributed by atoms with Crippen molar-refractivity contribution >= 4 is 11.8 Å². The summed E-state index contributed by atoms with van der Waals surface area (Å²) >= 11 is 0. The molecule has 126 valence electrons. The molecule has 25 heavy (non-hydrogen) atoms. The lowest BCUT2D eigenvalue weighted by atomic mass is 9.97. The number of carbonyl (C=O) groups excluding carboxylic acids is 2. The minimum absolute atomic E-state index is 0.0637. The van der Waals surface area contributed by atoms with Crippen LogP contribution in [0, 0.1) is 13.8 Å². The van der Waals surface area contributed by atoms with Crippen LogP contribution in [-0.2, 0) is 4.74 Å². The molecule has 0 radical (unpaired) electrons. The summed E-state index contributed by atoms with van der Waals surface area (Å²) in [5.41, 5.74) is 3.23. The highest BCUT2D eigenvalue weighted by molar-refractivity contribution is 6.02. The minimum Gasteiger partial charge on any atom is -0.457 e. The van der Waals surface area contributed by atoms with Crippen molar-refractivity contribution in [2.45, 2.75) is 20.0 Å². The Bertz CT molecular complexity index is 880. The van der Waals surface area contributed by atoms with Crippen LogP contribution in [0.15, 0.2) is 71.3 Å². The highest BCUT2D eigenvalue weighted by Crippen LogP contribution is 2.25. The fourth-order valence-electron chi connectivity index (χ4n) is 2.51. The zero-order chi connectivity index (χ0) is 17.8. The molecule has 0 aliphatic carbocycles. The molecule has 0 aliphatic rings. The smallest absolute Gasteiger partial charge is 0.375 e. The summed E-state index contributed by atoms with van der Waals surface area (Å²) in [4.78, 5) is 25.3. The maximum atomic E-state index is 13.0. The number of hydrogen-bond donors (Lipinski definition) is 0. The van der Waals surface area contributed by atoms with Crippen molar-refractivity contribution in [1.29, 1.82) is 0 Å². The van der Waals surface area contributed by atoms with Gasteiger partial charge in [-0.25, -0.2) is 4.79 Å². The molecule has 4 heteroatoms. The Morgan fingerprint density at radius 2 is 1.68 bits per heavy atom. The third kappa shape index (κ3) is 3.69. The Kier molecular flexibility index (Phi) is 4.80. The predicted octanol–water partition coefficient (Wildman–Crippen LogP) is 4.68. The third-order valence-electron chi connectivity index (χ3n) is 4.08. The average Bonchev–Trinajstić information content (AvgIpc) is 3.17. The Morgan fingerprint density at radius 1 is 0.920 bits per heavy atom. The standard InChI is InChI=1S/C21H18O4/c1-14-10-11-17(13-15(14)2)19(22)20(16-7-4-3-5-8-16)25-21(23)18-9-6-12-24-18/h3-13,20H,1-2H3. The average molecular weight is 334 g/mol. The van der Waals surface area contributed by atoms with Gasteiger partial charge < -0.3 is 9.15 Å². The maximum Gasteiger partial charge on any atom is 0.375 e. The van der Waals surface area contributed by atoms with Crippen LogP contribution in [0.3, 0.4) is 0 Å². The number of Topliss-reactive ketones (excluding diaryl/α,β-unsaturated/α-hetero) is 1. The topological polar surface area (TPSA) is 56.5 Å². The minimum atomic E-state index is -1.03. The lowest BCUT2D eigenvalue weighted by Crippen LogP contribution is -2.20. The molecule has 0 bridgehead atoms. The van der Waals surface area contributed by atoms with Crippen molar-refractivity contribution in [3.05, 3.63) is 94.9 Å². The van der Waals surface area contributed by atoms with Gasteiger partial charge in [0.25, 0.3) is 0 Å². The number of rotatable bonds is 5. The molecule has 4 nitrogen and oxygen atoms in total. The van der Waals surface area contributed by atoms with Gasteiger partial charge in [-0.2, -0.15) is 0 Å². The molecule has 0 fully saturated rings. The van der Waals surface area contributed by atoms with Gasteiger partial charge in [0, 0.05) is 11.1 Å². The second-order valence-corrected chi connectivity index (χ2v) is 5.84. The molecular weight excluding hydrogens is 316 g/mol. The maximum absolute atomic E-state index is 13.0. The van der Waals surface area contributed by atoms with E-state index in [1.54, 1.807) is 36.4 Å². The molecule has 3 aromatic rings. The number of benzene rings is 2. The molecule has 3 rings (SSSR count). The third-order valence-corrected chi connectivity index (χ3v) is 4.08. The summed E-state index contributed by atoms with van der Waals surface area (Å²) in [6.07, 6.45) is 0.361. The van der Waals surface area contributed by atoms with E-state index in [-0.39, 0.29) is 11.5 Å². The van der Waals surface area contributed by atoms with E-state index in [0.29, 0.717) is 11.1 Å². The fourth-order valence-corrected chi connectivity index (χ4v) is 2.51. The van der Waals surface area contributed by atoms with E-state index in [1.165, 1.54) is 12.3 Å². The molecule has 0 amide bonds. The van der Waals surface area contributed by atoms with Gasteiger partial charge in [-0.1, -0.05) is 42.5 Å². The first-order chi connectivity index (χ1) is 12.1. The number of esters is 1. The molecule has 1 aromatic heterocycles. The molecule has 2 aromatic carbocycles. The molecule has 0 aliphatic heterocycles. The lowest BCUT2D eigenvalue weighted by Gasteiger charge is -2.17. The second-order valence-electron chi connectivity index (χ2n) is 5.84. The number of ether oxygens (including phenoxy) is 1. The summed E-state index contributed by atoms with van der Waals surface area (Å²) in [6, 6.07) is 17.5. The van der Waals surface area contributed by atoms with Gasteiger partial charge in [0.2, 0.25) is 11.5 Å². The van der Waals surface area contributed by atoms with E-state index >= 15 is 0 Å². The van der Waals surface area contributed by atoms with Gasteiger partial charge in [0.05, 0.1) is 6.26 Å². The molecule has 0 N–H and O–H groups in total. The van der Waals surface area contributed by atoms with E-state index in [9.17, 15) is 9.59 Å². The molecule has 0 spiro atoms. The van der Waals surface area contributed by atoms with E-state index in [1.807, 2.05) is 32.0 Å². The van der Waals surface area contributed by atoms with E-state index < -0.39 is 12.1 Å². The van der Waals surface area contributed by atoms with Crippen LogP contribution in [0.2, 0.25) is 0 Å². The van der Waals surface area contributed by atoms with E-state index in [2.05, 4.69) is 0 Å². The van der Waals surface area contributed by atoms with Gasteiger partial charge >= 0.3 is 5.97 Å². The van der Waals surface area contributed by atoms with Crippen molar-refractivity contribution < 1.29 is 18.7 Å². The van der Waals surface area contributed by atoms with Crippen LogP contribution < -0.4 is 0 Å². The van der Waals surface area contributed by atoms with Gasteiger partial charge in [-0.15, -0.1) is 0 Å². The molecule has 0 saturated carbocycles. The van der Waals surface area contributed by atoms with Crippen molar-refractivity contribution in [3.8, 4) is 0 Å². The largest absolute Gasteiger partial charge is 0.457 e. The Morgan fingerprint density at radius 3 is 2.32 bits per heavy atom. The van der Waals surface area contributed by atoms with Crippen molar-refractivity contribution in [3.63, 3.8) is 0 Å². The number of aryl methyl sites for hydroxylation is 2. The zero-order valence-corrected chi connectivity index (χ0v) is 14.1. The van der Waals surface area contributed by atoms with Crippen LogP contribution >= 0.6 is 0 Å². The van der Waals surface area contributed by atoms with Gasteiger partial charge in [0.1, 0.15) is 0 Å². The zero-order valence-electron chi connectivity index (χ0n) is 14.1. The molecule has 1 unspecified atom stereocenters. The Labute approximate surface area is 146 Å². The summed E-state index contributed by atoms with van der Waals surface area (Å²) in [7, 11) is 0. The van der Waals surface area contributed by atoms with E-state index in [4.69, 9.17) is 9.15 Å². The fraction of sp³-hybridized carbons (Fsp3) is 0.143. The molecule has 1 atom stereocenters. The van der Waals surface area contributed by atoms with Crippen LogP contribution in [0.25, 0.3) is 0 Å². The van der Waals surface area contributed by atoms with Crippen LogP contribution in [0.1, 0.15) is 43.7 Å². The SMILES string of the molecule is Cc1ccc(C(=O)C(OC(=O)c2ccco2)c2ccccc2)cc1C. The highest BCUT2D eigenvalue weighted by atomic mass is 16.6. The Hall–Kier alpha value is -3.14. The summed E-state index contributed by atoms with van der Waals surface area (Å²) < 4.78 is 10.6. The number of furan rings is 1. The summed E-state index contributed by atoms with van der Waals surface area (Å²) in [5.74, 6) is -0.876. The molecular formula is C21H18O4. The van der Waals surface area contributed by atoms with Crippen molar-refractivity contribution in [2.24, 2.45) is 0 Å². The number of ketones is 1. The Balaban J connectivity index is 1.94. The highest BCUT2D eigenvalue weighted by Gasteiger charge is 2.27. The summed E-state index contributed by atoms with van der Waals surface area (Å²) in [5, 5.41) is 0. The van der Waals surface area contributed by atoms with Gasteiger partial charge in [-0.3, -0.25) is 4.79 Å². The van der Waals surface area contributed by atoms with Crippen LogP contribution in [-0.4, -0.2) is 11.8 Å². The first kappa shape index (κ1) is 16.7. The first-order valence-corrected chi connectivity index (χ1v) is 7.97. The summed E-state index contributed by atoms with van der Waals surface area (Å²) in [6.45, 7) is 3.92. The number of carbonyl (C=O) groups is 2.